The quantitative estimate of drug-likeness (QED) is 0.527. The third-order valence-corrected chi connectivity index (χ3v) is 3.61. The molecule has 0 saturated heterocycles. The highest BCUT2D eigenvalue weighted by atomic mass is 35.5. The van der Waals surface area contributed by atoms with Crippen LogP contribution in [0.15, 0.2) is 57.7 Å². The van der Waals surface area contributed by atoms with E-state index in [2.05, 4.69) is 0 Å². The van der Waals surface area contributed by atoms with Crippen LogP contribution < -0.4 is 5.63 Å². The predicted octanol–water partition coefficient (Wildman–Crippen LogP) is 4.15. The Kier molecular flexibility index (Phi) is 3.35. The van der Waals surface area contributed by atoms with Crippen LogP contribution in [-0.2, 0) is 0 Å². The summed E-state index contributed by atoms with van der Waals surface area (Å²) in [6.07, 6.45) is 0. The molecule has 3 nitrogen and oxygen atoms in total. The van der Waals surface area contributed by atoms with E-state index >= 15 is 0 Å². The van der Waals surface area contributed by atoms with Crippen molar-refractivity contribution in [3.05, 3.63) is 70.1 Å². The molecule has 3 rings (SSSR count). The molecule has 1 aromatic heterocycles. The standard InChI is InChI=1S/C17H11ClO3/c1-10-6-7-12(16(18)19)9-13(10)14-8-11-4-2-3-5-15(11)21-17(14)20/h2-9H,1H3. The van der Waals surface area contributed by atoms with Crippen LogP contribution in [0.2, 0.25) is 0 Å². The number of halogens is 1. The predicted molar refractivity (Wildman–Crippen MR) is 82.8 cm³/mol. The van der Waals surface area contributed by atoms with Gasteiger partial charge in [0.25, 0.3) is 5.24 Å². The van der Waals surface area contributed by atoms with Crippen molar-refractivity contribution in [1.82, 2.24) is 0 Å². The average molecular weight is 299 g/mol. The van der Waals surface area contributed by atoms with Crippen molar-refractivity contribution < 1.29 is 9.21 Å². The molecule has 0 atom stereocenters. The lowest BCUT2D eigenvalue weighted by Crippen LogP contribution is -2.04. The number of benzene rings is 2. The van der Waals surface area contributed by atoms with E-state index < -0.39 is 10.9 Å². The van der Waals surface area contributed by atoms with Gasteiger partial charge >= 0.3 is 5.63 Å². The zero-order valence-corrected chi connectivity index (χ0v) is 12.0. The maximum Gasteiger partial charge on any atom is 0.344 e. The highest BCUT2D eigenvalue weighted by Crippen LogP contribution is 2.25. The van der Waals surface area contributed by atoms with E-state index in [1.54, 1.807) is 30.3 Å². The first-order chi connectivity index (χ1) is 10.1. The van der Waals surface area contributed by atoms with Gasteiger partial charge in [-0.2, -0.15) is 0 Å². The number of para-hydroxylation sites is 1. The summed E-state index contributed by atoms with van der Waals surface area (Å²) >= 11 is 5.51. The second kappa shape index (κ2) is 5.19. The molecule has 2 aromatic carbocycles. The van der Waals surface area contributed by atoms with Gasteiger partial charge in [0.2, 0.25) is 0 Å². The van der Waals surface area contributed by atoms with Crippen LogP contribution >= 0.6 is 11.6 Å². The first-order valence-corrected chi connectivity index (χ1v) is 6.78. The van der Waals surface area contributed by atoms with Gasteiger partial charge < -0.3 is 4.42 Å². The molecular weight excluding hydrogens is 288 g/mol. The van der Waals surface area contributed by atoms with Crippen LogP contribution in [0, 0.1) is 6.92 Å². The number of carbonyl (C=O) groups excluding carboxylic acids is 1. The van der Waals surface area contributed by atoms with Crippen LogP contribution in [0.4, 0.5) is 0 Å². The topological polar surface area (TPSA) is 47.3 Å². The zero-order valence-electron chi connectivity index (χ0n) is 11.2. The number of rotatable bonds is 2. The van der Waals surface area contributed by atoms with E-state index in [0.717, 1.165) is 10.9 Å². The van der Waals surface area contributed by atoms with Gasteiger partial charge in [-0.3, -0.25) is 4.79 Å². The summed E-state index contributed by atoms with van der Waals surface area (Å²) in [5, 5.41) is 0.274. The fourth-order valence-corrected chi connectivity index (χ4v) is 2.40. The Bertz CT molecular complexity index is 909. The third kappa shape index (κ3) is 2.48. The molecule has 0 N–H and O–H groups in total. The SMILES string of the molecule is Cc1ccc(C(=O)Cl)cc1-c1cc2ccccc2oc1=O. The van der Waals surface area contributed by atoms with Gasteiger partial charge in [-0.25, -0.2) is 4.79 Å². The Morgan fingerprint density at radius 3 is 2.57 bits per heavy atom. The number of fused-ring (bicyclic) bond motifs is 1. The van der Waals surface area contributed by atoms with Crippen LogP contribution in [0.1, 0.15) is 15.9 Å². The molecule has 0 radical (unpaired) electrons. The normalized spacial score (nSPS) is 10.8. The largest absolute Gasteiger partial charge is 0.422 e. The summed E-state index contributed by atoms with van der Waals surface area (Å²) in [6, 6.07) is 14.1. The second-order valence-corrected chi connectivity index (χ2v) is 5.13. The summed E-state index contributed by atoms with van der Waals surface area (Å²) < 4.78 is 5.33. The van der Waals surface area contributed by atoms with Gasteiger partial charge in [0.1, 0.15) is 5.58 Å². The molecule has 0 saturated carbocycles. The first kappa shape index (κ1) is 13.6. The molecule has 4 heteroatoms. The van der Waals surface area contributed by atoms with Crippen LogP contribution in [-0.4, -0.2) is 5.24 Å². The van der Waals surface area contributed by atoms with Crippen molar-refractivity contribution in [2.75, 3.05) is 0 Å². The van der Waals surface area contributed by atoms with E-state index in [0.29, 0.717) is 22.3 Å². The Hall–Kier alpha value is -2.39. The van der Waals surface area contributed by atoms with Crippen molar-refractivity contribution in [3.8, 4) is 11.1 Å². The fourth-order valence-electron chi connectivity index (χ4n) is 2.28. The van der Waals surface area contributed by atoms with Gasteiger partial charge in [-0.05, 0) is 53.9 Å². The molecule has 0 aliphatic rings. The molecule has 3 aromatic rings. The Morgan fingerprint density at radius 2 is 1.81 bits per heavy atom. The van der Waals surface area contributed by atoms with Gasteiger partial charge in [0.05, 0.1) is 5.56 Å². The second-order valence-electron chi connectivity index (χ2n) is 4.79. The van der Waals surface area contributed by atoms with Gasteiger partial charge in [-0.15, -0.1) is 0 Å². The molecule has 1 heterocycles. The van der Waals surface area contributed by atoms with E-state index in [1.165, 1.54) is 0 Å². The lowest BCUT2D eigenvalue weighted by atomic mass is 9.99. The fraction of sp³-hybridized carbons (Fsp3) is 0.0588. The highest BCUT2D eigenvalue weighted by Gasteiger charge is 2.12. The van der Waals surface area contributed by atoms with E-state index in [-0.39, 0.29) is 0 Å². The molecule has 0 aliphatic heterocycles. The number of aryl methyl sites for hydroxylation is 1. The Labute approximate surface area is 125 Å². The lowest BCUT2D eigenvalue weighted by molar-refractivity contribution is 0.108. The zero-order chi connectivity index (χ0) is 15.0. The van der Waals surface area contributed by atoms with Crippen molar-refractivity contribution in [2.45, 2.75) is 6.92 Å². The Morgan fingerprint density at radius 1 is 1.05 bits per heavy atom. The van der Waals surface area contributed by atoms with Crippen molar-refractivity contribution in [3.63, 3.8) is 0 Å². The molecule has 0 spiro atoms. The van der Waals surface area contributed by atoms with E-state index in [1.807, 2.05) is 25.1 Å². The van der Waals surface area contributed by atoms with Gasteiger partial charge in [0, 0.05) is 10.9 Å². The molecule has 0 unspecified atom stereocenters. The minimum atomic E-state index is -0.554. The van der Waals surface area contributed by atoms with Crippen LogP contribution in [0.3, 0.4) is 0 Å². The molecule has 0 bridgehead atoms. The van der Waals surface area contributed by atoms with E-state index in [9.17, 15) is 9.59 Å². The first-order valence-electron chi connectivity index (χ1n) is 6.40. The summed E-state index contributed by atoms with van der Waals surface area (Å²) in [5.74, 6) is 0. The Balaban J connectivity index is 2.29. The smallest absolute Gasteiger partial charge is 0.344 e. The third-order valence-electron chi connectivity index (χ3n) is 3.40. The molecule has 21 heavy (non-hydrogen) atoms. The summed E-state index contributed by atoms with van der Waals surface area (Å²) in [7, 11) is 0. The summed E-state index contributed by atoms with van der Waals surface area (Å²) in [5.41, 5.74) is 2.40. The number of carbonyl (C=O) groups is 1. The van der Waals surface area contributed by atoms with Crippen molar-refractivity contribution in [2.24, 2.45) is 0 Å². The molecule has 0 amide bonds. The van der Waals surface area contributed by atoms with Crippen LogP contribution in [0.25, 0.3) is 22.1 Å². The minimum Gasteiger partial charge on any atom is -0.422 e. The summed E-state index contributed by atoms with van der Waals surface area (Å²) in [4.78, 5) is 23.5. The average Bonchev–Trinajstić information content (AvgIpc) is 2.47. The maximum atomic E-state index is 12.2. The summed E-state index contributed by atoms with van der Waals surface area (Å²) in [6.45, 7) is 1.87. The monoisotopic (exact) mass is 298 g/mol. The number of hydrogen-bond donors (Lipinski definition) is 0. The lowest BCUT2D eigenvalue weighted by Gasteiger charge is -2.07. The van der Waals surface area contributed by atoms with E-state index in [4.69, 9.17) is 16.0 Å². The van der Waals surface area contributed by atoms with Crippen LogP contribution in [0.5, 0.6) is 0 Å². The molecule has 0 fully saturated rings. The molecule has 0 aliphatic carbocycles. The molecule has 104 valence electrons. The van der Waals surface area contributed by atoms with Crippen molar-refractivity contribution in [1.29, 1.82) is 0 Å². The molecular formula is C17H11ClO3. The maximum absolute atomic E-state index is 12.2. The minimum absolute atomic E-state index is 0.352. The van der Waals surface area contributed by atoms with Crippen molar-refractivity contribution >= 4 is 27.8 Å². The van der Waals surface area contributed by atoms with Gasteiger partial charge in [-0.1, -0.05) is 24.3 Å². The highest BCUT2D eigenvalue weighted by molar-refractivity contribution is 6.67. The van der Waals surface area contributed by atoms with Gasteiger partial charge in [0.15, 0.2) is 0 Å². The number of hydrogen-bond acceptors (Lipinski definition) is 3.